The normalized spacial score (nSPS) is 10.6. The summed E-state index contributed by atoms with van der Waals surface area (Å²) < 4.78 is 36.8. The van der Waals surface area contributed by atoms with Gasteiger partial charge in [0.25, 0.3) is 0 Å². The minimum absolute atomic E-state index is 0.0104. The molecule has 0 radical (unpaired) electrons. The van der Waals surface area contributed by atoms with Crippen molar-refractivity contribution in [3.05, 3.63) is 59.7 Å². The van der Waals surface area contributed by atoms with Gasteiger partial charge in [-0.2, -0.15) is 13.2 Å². The molecule has 0 unspecified atom stereocenters. The number of ether oxygens (including phenoxy) is 1. The van der Waals surface area contributed by atoms with Gasteiger partial charge >= 0.3 is 18.1 Å². The fourth-order valence-electron chi connectivity index (χ4n) is 2.85. The van der Waals surface area contributed by atoms with E-state index in [1.165, 1.54) is 5.56 Å². The number of esters is 1. The highest BCUT2D eigenvalue weighted by Gasteiger charge is 2.38. The second kappa shape index (κ2) is 13.7. The molecular weight excluding hydrogens is 453 g/mol. The Kier molecular flexibility index (Phi) is 11.4. The lowest BCUT2D eigenvalue weighted by molar-refractivity contribution is -0.192. The Labute approximate surface area is 195 Å². The lowest BCUT2D eigenvalue weighted by Crippen LogP contribution is -2.32. The number of hydrogen-bond donors (Lipinski definition) is 4. The van der Waals surface area contributed by atoms with Crippen molar-refractivity contribution in [3.63, 3.8) is 0 Å². The van der Waals surface area contributed by atoms with Crippen LogP contribution in [0.3, 0.4) is 0 Å². The molecule has 0 fully saturated rings. The zero-order valence-corrected chi connectivity index (χ0v) is 18.8. The molecule has 0 saturated heterocycles. The zero-order valence-electron chi connectivity index (χ0n) is 18.8. The molecule has 0 aromatic heterocycles. The van der Waals surface area contributed by atoms with Crippen LogP contribution in [0.5, 0.6) is 0 Å². The van der Waals surface area contributed by atoms with Gasteiger partial charge in [-0.15, -0.1) is 0 Å². The number of nitrogens with two attached hydrogens (primary N) is 2. The molecule has 0 aliphatic rings. The van der Waals surface area contributed by atoms with Gasteiger partial charge in [-0.25, -0.2) is 4.79 Å². The van der Waals surface area contributed by atoms with Gasteiger partial charge in [-0.3, -0.25) is 10.2 Å². The van der Waals surface area contributed by atoms with Crippen molar-refractivity contribution < 1.29 is 32.6 Å². The fourth-order valence-corrected chi connectivity index (χ4v) is 2.85. The van der Waals surface area contributed by atoms with E-state index in [4.69, 9.17) is 31.5 Å². The monoisotopic (exact) mass is 482 g/mol. The lowest BCUT2D eigenvalue weighted by Gasteiger charge is -2.24. The third kappa shape index (κ3) is 10.7. The third-order valence-corrected chi connectivity index (χ3v) is 4.51. The van der Waals surface area contributed by atoms with E-state index in [9.17, 15) is 18.0 Å². The summed E-state index contributed by atoms with van der Waals surface area (Å²) in [6.45, 7) is 3.05. The maximum Gasteiger partial charge on any atom is 0.490 e. The summed E-state index contributed by atoms with van der Waals surface area (Å²) in [7, 11) is 0. The highest BCUT2D eigenvalue weighted by atomic mass is 19.4. The third-order valence-electron chi connectivity index (χ3n) is 4.51. The molecule has 2 aromatic rings. The molecule has 11 heteroatoms. The summed E-state index contributed by atoms with van der Waals surface area (Å²) in [5.41, 5.74) is 14.8. The van der Waals surface area contributed by atoms with Crippen LogP contribution in [0.15, 0.2) is 48.5 Å². The Morgan fingerprint density at radius 1 is 1.12 bits per heavy atom. The largest absolute Gasteiger partial charge is 0.490 e. The SMILES string of the molecule is CCOC(=O)CN(CCCCc1ccc(N)cc1)c1cccc(C(=N)N)c1.O=C(O)C(F)(F)F. The molecule has 186 valence electrons. The van der Waals surface area contributed by atoms with E-state index in [2.05, 4.69) is 0 Å². The van der Waals surface area contributed by atoms with Gasteiger partial charge in [0, 0.05) is 23.5 Å². The van der Waals surface area contributed by atoms with Gasteiger partial charge < -0.3 is 26.2 Å². The number of anilines is 2. The summed E-state index contributed by atoms with van der Waals surface area (Å²) in [5, 5.41) is 14.7. The molecule has 6 N–H and O–H groups in total. The number of benzene rings is 2. The molecule has 8 nitrogen and oxygen atoms in total. The predicted octanol–water partition coefficient (Wildman–Crippen LogP) is 3.58. The summed E-state index contributed by atoms with van der Waals surface area (Å²) in [5.74, 6) is -3.01. The number of carbonyl (C=O) groups excluding carboxylic acids is 1. The number of nitrogen functional groups attached to an aromatic ring is 2. The summed E-state index contributed by atoms with van der Waals surface area (Å²) >= 11 is 0. The second-order valence-corrected chi connectivity index (χ2v) is 7.19. The average molecular weight is 483 g/mol. The molecule has 2 aromatic carbocycles. The quantitative estimate of drug-likeness (QED) is 0.133. The first-order valence-electron chi connectivity index (χ1n) is 10.4. The second-order valence-electron chi connectivity index (χ2n) is 7.19. The molecule has 2 rings (SSSR count). The van der Waals surface area contributed by atoms with Gasteiger partial charge in [-0.1, -0.05) is 24.3 Å². The number of nitrogens with zero attached hydrogens (tertiary/aromatic N) is 1. The standard InChI is InChI=1S/C21H28N4O2.C2HF3O2/c1-2-27-20(26)15-25(19-8-5-7-17(14-19)21(23)24)13-4-3-6-16-9-11-18(22)12-10-16;3-2(4,5)1(6)7/h5,7-12,14H,2-4,6,13,15,22H2,1H3,(H3,23,24);(H,6,7). The van der Waals surface area contributed by atoms with Gasteiger partial charge in [0.2, 0.25) is 0 Å². The number of hydrogen-bond acceptors (Lipinski definition) is 6. The molecule has 0 saturated carbocycles. The minimum atomic E-state index is -5.08. The molecule has 0 aliphatic carbocycles. The van der Waals surface area contributed by atoms with Gasteiger partial charge in [-0.05, 0) is 56.0 Å². The van der Waals surface area contributed by atoms with Gasteiger partial charge in [0.1, 0.15) is 12.4 Å². The van der Waals surface area contributed by atoms with Crippen LogP contribution in [-0.2, 0) is 20.7 Å². The molecule has 0 atom stereocenters. The van der Waals surface area contributed by atoms with E-state index < -0.39 is 12.1 Å². The number of unbranched alkanes of at least 4 members (excludes halogenated alkanes) is 1. The van der Waals surface area contributed by atoms with Crippen molar-refractivity contribution in [1.82, 2.24) is 0 Å². The molecule has 0 heterocycles. The van der Waals surface area contributed by atoms with Crippen LogP contribution < -0.4 is 16.4 Å². The Morgan fingerprint density at radius 3 is 2.26 bits per heavy atom. The summed E-state index contributed by atoms with van der Waals surface area (Å²) in [4.78, 5) is 22.9. The topological polar surface area (TPSA) is 143 Å². The molecule has 0 aliphatic heterocycles. The summed E-state index contributed by atoms with van der Waals surface area (Å²) in [6.07, 6.45) is -2.20. The van der Waals surface area contributed by atoms with E-state index in [0.29, 0.717) is 12.2 Å². The molecule has 0 bridgehead atoms. The Balaban J connectivity index is 0.000000718. The number of carboxylic acid groups (broad SMARTS) is 1. The fraction of sp³-hybridized carbons (Fsp3) is 0.348. The maximum atomic E-state index is 12.0. The van der Waals surface area contributed by atoms with Crippen LogP contribution in [0.2, 0.25) is 0 Å². The highest BCUT2D eigenvalue weighted by Crippen LogP contribution is 2.18. The van der Waals surface area contributed by atoms with Crippen LogP contribution in [-0.4, -0.2) is 48.8 Å². The molecule has 34 heavy (non-hydrogen) atoms. The van der Waals surface area contributed by atoms with Crippen LogP contribution in [0.25, 0.3) is 0 Å². The maximum absolute atomic E-state index is 12.0. The predicted molar refractivity (Wildman–Crippen MR) is 124 cm³/mol. The smallest absolute Gasteiger partial charge is 0.475 e. The first-order chi connectivity index (χ1) is 15.9. The Morgan fingerprint density at radius 2 is 1.74 bits per heavy atom. The van der Waals surface area contributed by atoms with Crippen LogP contribution in [0.4, 0.5) is 24.5 Å². The molecule has 0 spiro atoms. The van der Waals surface area contributed by atoms with Crippen molar-refractivity contribution >= 4 is 29.1 Å². The summed E-state index contributed by atoms with van der Waals surface area (Å²) in [6, 6.07) is 15.3. The number of carboxylic acids is 1. The number of halogens is 3. The average Bonchev–Trinajstić information content (AvgIpc) is 2.77. The van der Waals surface area contributed by atoms with Crippen LogP contribution in [0.1, 0.15) is 30.9 Å². The zero-order chi connectivity index (χ0) is 25.7. The number of aliphatic carboxylic acids is 1. The lowest BCUT2D eigenvalue weighted by atomic mass is 10.1. The van der Waals surface area contributed by atoms with Gasteiger partial charge in [0.05, 0.1) is 6.61 Å². The van der Waals surface area contributed by atoms with Crippen LogP contribution >= 0.6 is 0 Å². The van der Waals surface area contributed by atoms with E-state index in [0.717, 1.165) is 37.2 Å². The number of rotatable bonds is 10. The number of amidine groups is 1. The Bertz CT molecular complexity index is 950. The number of carbonyl (C=O) groups is 2. The van der Waals surface area contributed by atoms with E-state index in [1.54, 1.807) is 13.0 Å². The van der Waals surface area contributed by atoms with Crippen molar-refractivity contribution in [3.8, 4) is 0 Å². The molecular formula is C23H29F3N4O4. The van der Waals surface area contributed by atoms with Crippen molar-refractivity contribution in [2.45, 2.75) is 32.4 Å². The first-order valence-corrected chi connectivity index (χ1v) is 10.4. The Hall–Kier alpha value is -3.76. The van der Waals surface area contributed by atoms with Crippen molar-refractivity contribution in [2.75, 3.05) is 30.3 Å². The van der Waals surface area contributed by atoms with E-state index in [1.807, 2.05) is 47.4 Å². The van der Waals surface area contributed by atoms with Gasteiger partial charge in [0.15, 0.2) is 0 Å². The number of aryl methyl sites for hydroxylation is 1. The van der Waals surface area contributed by atoms with E-state index >= 15 is 0 Å². The highest BCUT2D eigenvalue weighted by molar-refractivity contribution is 5.96. The van der Waals surface area contributed by atoms with Crippen molar-refractivity contribution in [1.29, 1.82) is 5.41 Å². The van der Waals surface area contributed by atoms with E-state index in [-0.39, 0.29) is 18.3 Å². The minimum Gasteiger partial charge on any atom is -0.475 e. The molecule has 0 amide bonds. The van der Waals surface area contributed by atoms with Crippen LogP contribution in [0, 0.1) is 5.41 Å². The first kappa shape index (κ1) is 28.3. The number of alkyl halides is 3. The number of nitrogens with one attached hydrogen (secondary N) is 1. The van der Waals surface area contributed by atoms with Crippen molar-refractivity contribution in [2.24, 2.45) is 5.73 Å².